The van der Waals surface area contributed by atoms with Crippen LogP contribution in [0.2, 0.25) is 0 Å². The predicted molar refractivity (Wildman–Crippen MR) is 458 cm³/mol. The fourth-order valence-electron chi connectivity index (χ4n) is 16.5. The lowest BCUT2D eigenvalue weighted by molar-refractivity contribution is -0.136. The van der Waals surface area contributed by atoms with Crippen LogP contribution in [0.3, 0.4) is 0 Å². The van der Waals surface area contributed by atoms with Gasteiger partial charge in [0.25, 0.3) is 0 Å². The average molecular weight is 1810 g/mol. The van der Waals surface area contributed by atoms with Crippen molar-refractivity contribution in [1.82, 2.24) is 0 Å². The van der Waals surface area contributed by atoms with Gasteiger partial charge in [0, 0.05) is 142 Å². The minimum atomic E-state index is -0.534. The van der Waals surface area contributed by atoms with Gasteiger partial charge in [-0.05, 0) is 106 Å². The Morgan fingerprint density at radius 2 is 0.447 bits per heavy atom. The average Bonchev–Trinajstić information content (AvgIpc) is 1.07. The fraction of sp³-hybridized carbons (Fsp3) is 0.196. The molecule has 12 aromatic rings. The van der Waals surface area contributed by atoms with Gasteiger partial charge in [-0.25, -0.2) is 0 Å². The molecule has 680 valence electrons. The summed E-state index contributed by atoms with van der Waals surface area (Å²) in [5, 5.41) is 137. The Hall–Kier alpha value is -17.1. The number of esters is 6. The molecule has 0 saturated carbocycles. The van der Waals surface area contributed by atoms with Gasteiger partial charge in [-0.1, -0.05) is 42.5 Å². The number of phenolic OH excluding ortho intramolecular Hbond substituents is 14. The van der Waals surface area contributed by atoms with Gasteiger partial charge < -0.3 is 143 Å². The molecule has 8 heterocycles. The lowest BCUT2D eigenvalue weighted by Gasteiger charge is -2.26. The summed E-state index contributed by atoms with van der Waals surface area (Å²) in [4.78, 5) is 70.8. The third-order valence-electron chi connectivity index (χ3n) is 22.4. The summed E-state index contributed by atoms with van der Waals surface area (Å²) in [5.41, 5.74) is 7.36. The van der Waals surface area contributed by atoms with E-state index in [1.807, 2.05) is 24.3 Å². The van der Waals surface area contributed by atoms with Crippen LogP contribution in [0.1, 0.15) is 141 Å². The van der Waals surface area contributed by atoms with Crippen molar-refractivity contribution in [1.29, 1.82) is 0 Å². The molecular formula is C97H82O35. The third-order valence-corrected chi connectivity index (χ3v) is 22.4. The van der Waals surface area contributed by atoms with Crippen LogP contribution in [-0.4, -0.2) is 156 Å². The first-order valence-corrected chi connectivity index (χ1v) is 40.3. The van der Waals surface area contributed by atoms with Crippen LogP contribution >= 0.6 is 0 Å². The Morgan fingerprint density at radius 3 is 0.712 bits per heavy atom. The predicted octanol–water partition coefficient (Wildman–Crippen LogP) is 14.1. The molecule has 0 saturated heterocycles. The molecule has 20 rings (SSSR count). The van der Waals surface area contributed by atoms with Crippen molar-refractivity contribution in [2.24, 2.45) is 0 Å². The van der Waals surface area contributed by atoms with E-state index in [-0.39, 0.29) is 185 Å². The van der Waals surface area contributed by atoms with Gasteiger partial charge >= 0.3 is 35.8 Å². The molecule has 132 heavy (non-hydrogen) atoms. The van der Waals surface area contributed by atoms with Crippen LogP contribution in [0.4, 0.5) is 0 Å². The van der Waals surface area contributed by atoms with Crippen molar-refractivity contribution in [2.45, 2.75) is 74.0 Å². The molecule has 0 amide bonds. The fourth-order valence-corrected chi connectivity index (χ4v) is 16.5. The molecule has 12 aromatic carbocycles. The van der Waals surface area contributed by atoms with Gasteiger partial charge in [-0.3, -0.25) is 28.8 Å². The SMILES string of the molecule is COc1ccc([C@@H]2CC(=O)Oc3cc(O)cc(O)c32)cc1OC.COc1ccc([C@H]2CC(=O)Oc3cc(O)cc(O)c32)cc1.COc1ccc([C@H]2CC(=O)Oc3cc(O)cc(O)c32)cc1OC.O=C1C[C@@H](c2ccc(O)c(O)c2)c2c(O)cc(O)cc2O1.O=C1C[C@@H](c2ccc3c(c2)OCO3)c2c(O)cc(O)cc2O1.O=C1C[C@H](c2ccc3c(c2)OCO3)c2c(O)cc(O)cc2O1. The summed E-state index contributed by atoms with van der Waals surface area (Å²) in [6.07, 6.45) is 0.491. The van der Waals surface area contributed by atoms with Crippen LogP contribution in [0.25, 0.3) is 0 Å². The molecule has 0 unspecified atom stereocenters. The van der Waals surface area contributed by atoms with Gasteiger partial charge in [0.15, 0.2) is 57.5 Å². The Bertz CT molecular complexity index is 6280. The highest BCUT2D eigenvalue weighted by atomic mass is 16.7. The van der Waals surface area contributed by atoms with Crippen molar-refractivity contribution >= 4 is 35.8 Å². The van der Waals surface area contributed by atoms with Crippen molar-refractivity contribution in [3.8, 4) is 167 Å². The van der Waals surface area contributed by atoms with Gasteiger partial charge in [0.05, 0.1) is 74.1 Å². The van der Waals surface area contributed by atoms with Gasteiger partial charge in [-0.15, -0.1) is 0 Å². The first kappa shape index (κ1) is 89.7. The lowest BCUT2D eigenvalue weighted by Crippen LogP contribution is -2.21. The number of hydrogen-bond acceptors (Lipinski definition) is 35. The van der Waals surface area contributed by atoms with E-state index >= 15 is 0 Å². The van der Waals surface area contributed by atoms with Crippen molar-refractivity contribution < 1.29 is 171 Å². The number of hydrogen-bond donors (Lipinski definition) is 14. The van der Waals surface area contributed by atoms with Crippen LogP contribution in [0, 0.1) is 0 Å². The highest BCUT2D eigenvalue weighted by molar-refractivity contribution is 5.84. The molecule has 0 bridgehead atoms. The largest absolute Gasteiger partial charge is 0.508 e. The van der Waals surface area contributed by atoms with E-state index in [2.05, 4.69) is 0 Å². The number of methoxy groups -OCH3 is 5. The number of aromatic hydroxyl groups is 14. The third kappa shape index (κ3) is 19.1. The molecule has 0 fully saturated rings. The molecule has 0 spiro atoms. The maximum absolute atomic E-state index is 11.9. The van der Waals surface area contributed by atoms with E-state index in [9.17, 15) is 100 Å². The van der Waals surface area contributed by atoms with E-state index in [1.165, 1.54) is 93.1 Å². The molecule has 0 aliphatic carbocycles. The number of carbonyl (C=O) groups excluding carboxylic acids is 6. The quantitative estimate of drug-likeness (QED) is 0.0325. The summed E-state index contributed by atoms with van der Waals surface area (Å²) < 4.78 is 78.0. The molecule has 35 heteroatoms. The summed E-state index contributed by atoms with van der Waals surface area (Å²) in [6, 6.07) is 48.1. The van der Waals surface area contributed by atoms with E-state index in [0.717, 1.165) is 33.9 Å². The lowest BCUT2D eigenvalue weighted by atomic mass is 9.85. The number of rotatable bonds is 11. The molecule has 6 atom stereocenters. The monoisotopic (exact) mass is 1810 g/mol. The maximum atomic E-state index is 11.9. The van der Waals surface area contributed by atoms with Crippen molar-refractivity contribution in [3.05, 3.63) is 255 Å². The Kier molecular flexibility index (Phi) is 25.7. The summed E-state index contributed by atoms with van der Waals surface area (Å²) >= 11 is 0. The van der Waals surface area contributed by atoms with Crippen LogP contribution in [-0.2, 0) is 28.8 Å². The Labute approximate surface area is 748 Å². The minimum Gasteiger partial charge on any atom is -0.508 e. The number of carbonyl (C=O) groups is 6. The van der Waals surface area contributed by atoms with Crippen molar-refractivity contribution in [2.75, 3.05) is 49.1 Å². The zero-order chi connectivity index (χ0) is 93.8. The normalized spacial score (nSPS) is 17.4. The maximum Gasteiger partial charge on any atom is 0.312 e. The summed E-state index contributed by atoms with van der Waals surface area (Å²) in [5.74, 6) is -0.882. The van der Waals surface area contributed by atoms with E-state index in [0.29, 0.717) is 90.7 Å². The number of fused-ring (bicyclic) bond motifs is 8. The molecular weight excluding hydrogens is 1730 g/mol. The van der Waals surface area contributed by atoms with E-state index in [4.69, 9.17) is 71.1 Å². The second kappa shape index (κ2) is 37.8. The Balaban J connectivity index is 0.000000121. The molecule has 8 aliphatic rings. The second-order valence-electron chi connectivity index (χ2n) is 30.6. The van der Waals surface area contributed by atoms with E-state index in [1.54, 1.807) is 100 Å². The smallest absolute Gasteiger partial charge is 0.312 e. The van der Waals surface area contributed by atoms with Gasteiger partial charge in [0.1, 0.15) is 109 Å². The van der Waals surface area contributed by atoms with Crippen LogP contribution < -0.4 is 71.1 Å². The molecule has 14 N–H and O–H groups in total. The zero-order valence-corrected chi connectivity index (χ0v) is 70.4. The molecule has 0 radical (unpaired) electrons. The summed E-state index contributed by atoms with van der Waals surface area (Å²) in [6.45, 7) is 0.336. The van der Waals surface area contributed by atoms with Gasteiger partial charge in [0.2, 0.25) is 13.6 Å². The highest BCUT2D eigenvalue weighted by Crippen LogP contribution is 2.55. The summed E-state index contributed by atoms with van der Waals surface area (Å²) in [7, 11) is 7.72. The first-order chi connectivity index (χ1) is 63.3. The standard InChI is InChI=1S/2C17H16O6.2C16H12O6.C16H14O5.C15H12O6/c2*1-21-13-4-3-9(5-14(13)22-2)11-8-16(20)23-15-7-10(18)6-12(19)17(11)15;2*17-9-4-11(18)16-10(6-15(19)22-14(16)5-9)8-1-2-12-13(3-8)21-7-20-12;1-20-11-4-2-9(3-5-11)12-8-15(19)21-14-7-10(17)6-13(18)16(12)14;16-8-4-12(19)15-9(6-14(20)21-13(15)5-8)7-1-2-10(17)11(18)3-7/h2*3-7,11,18-19H,8H2,1-2H3;2*1-5,10,17-18H,6-7H2;2-7,12,17-18H,8H2,1H3;1-5,9,16-19H,6H2/t2*11-;2*10-;12-;9-/m101010/s1. The molecule has 8 aliphatic heterocycles. The van der Waals surface area contributed by atoms with Gasteiger partial charge in [-0.2, -0.15) is 0 Å². The highest BCUT2D eigenvalue weighted by Gasteiger charge is 2.40. The number of ether oxygens (including phenoxy) is 15. The zero-order valence-electron chi connectivity index (χ0n) is 70.4. The Morgan fingerprint density at radius 1 is 0.212 bits per heavy atom. The van der Waals surface area contributed by atoms with Crippen LogP contribution in [0.15, 0.2) is 188 Å². The first-order valence-electron chi connectivity index (χ1n) is 40.3. The minimum absolute atomic E-state index is 0.0183. The molecule has 35 nitrogen and oxygen atoms in total. The number of phenols is 14. The van der Waals surface area contributed by atoms with Crippen LogP contribution in [0.5, 0.6) is 167 Å². The second-order valence-corrected chi connectivity index (χ2v) is 30.6. The number of benzene rings is 12. The van der Waals surface area contributed by atoms with E-state index < -0.39 is 53.6 Å². The topological polar surface area (TPSA) is 524 Å². The molecule has 0 aromatic heterocycles. The van der Waals surface area contributed by atoms with Crippen molar-refractivity contribution in [3.63, 3.8) is 0 Å².